The lowest BCUT2D eigenvalue weighted by Gasteiger charge is -2.35. The Labute approximate surface area is 170 Å². The number of pyridine rings is 1. The summed E-state index contributed by atoms with van der Waals surface area (Å²) >= 11 is 9.31. The zero-order valence-corrected chi connectivity index (χ0v) is 16.7. The summed E-state index contributed by atoms with van der Waals surface area (Å²) < 4.78 is 1.01. The Morgan fingerprint density at radius 1 is 1.07 bits per heavy atom. The molecule has 0 saturated carbocycles. The summed E-state index contributed by atoms with van der Waals surface area (Å²) in [6.07, 6.45) is 1.64. The van der Waals surface area contributed by atoms with Gasteiger partial charge in [0.15, 0.2) is 0 Å². The molecule has 6 nitrogen and oxygen atoms in total. The van der Waals surface area contributed by atoms with Gasteiger partial charge in [-0.2, -0.15) is 5.10 Å². The molecule has 1 N–H and O–H groups in total. The summed E-state index contributed by atoms with van der Waals surface area (Å²) in [7, 11) is 0. The highest BCUT2D eigenvalue weighted by atomic mass is 79.9. The first-order valence-electron chi connectivity index (χ1n) is 8.57. The second kappa shape index (κ2) is 7.70. The minimum absolute atomic E-state index is 0.0328. The smallest absolute Gasteiger partial charge is 0.272 e. The quantitative estimate of drug-likeness (QED) is 0.664. The molecule has 4 rings (SSSR count). The zero-order valence-electron chi connectivity index (χ0n) is 14.4. The minimum Gasteiger partial charge on any atom is -0.353 e. The number of hydrogen-bond acceptors (Lipinski definition) is 4. The lowest BCUT2D eigenvalue weighted by Crippen LogP contribution is -2.49. The van der Waals surface area contributed by atoms with Crippen LogP contribution in [0.15, 0.2) is 53.1 Å². The molecule has 1 aromatic carbocycles. The van der Waals surface area contributed by atoms with Crippen molar-refractivity contribution in [2.75, 3.05) is 31.1 Å². The number of nitrogens with one attached hydrogen (secondary N) is 1. The van der Waals surface area contributed by atoms with Gasteiger partial charge in [0.1, 0.15) is 11.5 Å². The number of nitrogens with zero attached hydrogens (tertiary/aromatic N) is 4. The molecule has 0 aliphatic carbocycles. The molecule has 0 spiro atoms. The summed E-state index contributed by atoms with van der Waals surface area (Å²) in [5.74, 6) is 0.847. The molecule has 3 heterocycles. The largest absolute Gasteiger partial charge is 0.353 e. The highest BCUT2D eigenvalue weighted by Gasteiger charge is 2.24. The molecule has 3 aromatic rings. The van der Waals surface area contributed by atoms with Crippen LogP contribution in [0.25, 0.3) is 11.3 Å². The maximum absolute atomic E-state index is 12.8. The van der Waals surface area contributed by atoms with Gasteiger partial charge in [-0.05, 0) is 30.3 Å². The summed E-state index contributed by atoms with van der Waals surface area (Å²) in [5.41, 5.74) is 2.23. The average Bonchev–Trinajstić information content (AvgIpc) is 3.19. The van der Waals surface area contributed by atoms with Crippen LogP contribution in [0.1, 0.15) is 10.5 Å². The van der Waals surface area contributed by atoms with Crippen LogP contribution in [0.2, 0.25) is 5.02 Å². The molecule has 0 unspecified atom stereocenters. The first kappa shape index (κ1) is 18.0. The number of benzene rings is 1. The highest BCUT2D eigenvalue weighted by Crippen LogP contribution is 2.22. The van der Waals surface area contributed by atoms with E-state index in [2.05, 4.69) is 36.0 Å². The molecule has 8 heteroatoms. The molecule has 1 amide bonds. The predicted molar refractivity (Wildman–Crippen MR) is 109 cm³/mol. The molecule has 1 aliphatic heterocycles. The van der Waals surface area contributed by atoms with Crippen molar-refractivity contribution in [1.29, 1.82) is 0 Å². The topological polar surface area (TPSA) is 65.1 Å². The van der Waals surface area contributed by atoms with Crippen molar-refractivity contribution >= 4 is 39.3 Å². The first-order valence-corrected chi connectivity index (χ1v) is 9.74. The Kier molecular flexibility index (Phi) is 5.13. The van der Waals surface area contributed by atoms with E-state index >= 15 is 0 Å². The van der Waals surface area contributed by atoms with Gasteiger partial charge in [0.25, 0.3) is 5.91 Å². The van der Waals surface area contributed by atoms with E-state index in [9.17, 15) is 4.79 Å². The van der Waals surface area contributed by atoms with Gasteiger partial charge in [0.05, 0.1) is 10.7 Å². The van der Waals surface area contributed by atoms with E-state index in [1.807, 2.05) is 41.3 Å². The van der Waals surface area contributed by atoms with Crippen molar-refractivity contribution in [3.63, 3.8) is 0 Å². The fourth-order valence-corrected chi connectivity index (χ4v) is 3.44. The number of anilines is 1. The predicted octanol–water partition coefficient (Wildman–Crippen LogP) is 3.85. The summed E-state index contributed by atoms with van der Waals surface area (Å²) in [6, 6.07) is 13.4. The standard InChI is InChI=1S/C19H17BrClN5O/c20-14-3-1-13(2-4-14)16-11-17(24-23-16)19(27)26-9-7-25(8-10-26)18-6-5-15(21)12-22-18/h1-6,11-12H,7-10H2,(H,23,24). The molecule has 27 heavy (non-hydrogen) atoms. The Morgan fingerprint density at radius 2 is 1.81 bits per heavy atom. The number of aromatic nitrogens is 3. The molecular formula is C19H17BrClN5O. The third-order valence-electron chi connectivity index (χ3n) is 4.55. The van der Waals surface area contributed by atoms with Crippen molar-refractivity contribution in [3.8, 4) is 11.3 Å². The number of H-pyrrole nitrogens is 1. The average molecular weight is 447 g/mol. The van der Waals surface area contributed by atoms with Gasteiger partial charge in [-0.1, -0.05) is 39.7 Å². The van der Waals surface area contributed by atoms with E-state index in [1.54, 1.807) is 12.3 Å². The SMILES string of the molecule is O=C(c1cc(-c2ccc(Br)cc2)n[nH]1)N1CCN(c2ccc(Cl)cn2)CC1. The number of rotatable bonds is 3. The Morgan fingerprint density at radius 3 is 2.48 bits per heavy atom. The third-order valence-corrected chi connectivity index (χ3v) is 5.30. The van der Waals surface area contributed by atoms with E-state index in [-0.39, 0.29) is 5.91 Å². The first-order chi connectivity index (χ1) is 13.1. The number of hydrogen-bond donors (Lipinski definition) is 1. The van der Waals surface area contributed by atoms with Crippen LogP contribution in [-0.4, -0.2) is 52.2 Å². The number of aromatic amines is 1. The van der Waals surface area contributed by atoms with E-state index in [4.69, 9.17) is 11.6 Å². The van der Waals surface area contributed by atoms with Crippen molar-refractivity contribution in [2.45, 2.75) is 0 Å². The Bertz CT molecular complexity index is 933. The molecule has 0 radical (unpaired) electrons. The van der Waals surface area contributed by atoms with E-state index < -0.39 is 0 Å². The van der Waals surface area contributed by atoms with Crippen LogP contribution < -0.4 is 4.90 Å². The van der Waals surface area contributed by atoms with Gasteiger partial charge in [-0.25, -0.2) is 4.98 Å². The summed E-state index contributed by atoms with van der Waals surface area (Å²) in [5, 5.41) is 7.77. The lowest BCUT2D eigenvalue weighted by atomic mass is 10.1. The van der Waals surface area contributed by atoms with Gasteiger partial charge < -0.3 is 9.80 Å². The van der Waals surface area contributed by atoms with Crippen LogP contribution in [0.3, 0.4) is 0 Å². The van der Waals surface area contributed by atoms with Crippen LogP contribution in [-0.2, 0) is 0 Å². The minimum atomic E-state index is -0.0328. The van der Waals surface area contributed by atoms with Crippen molar-refractivity contribution in [2.24, 2.45) is 0 Å². The van der Waals surface area contributed by atoms with Crippen molar-refractivity contribution in [1.82, 2.24) is 20.1 Å². The van der Waals surface area contributed by atoms with Gasteiger partial charge in [0, 0.05) is 42.4 Å². The molecule has 138 valence electrons. The van der Waals surface area contributed by atoms with Crippen LogP contribution in [0.4, 0.5) is 5.82 Å². The Hall–Kier alpha value is -2.38. The fourth-order valence-electron chi connectivity index (χ4n) is 3.06. The number of halogens is 2. The molecule has 1 fully saturated rings. The highest BCUT2D eigenvalue weighted by molar-refractivity contribution is 9.10. The van der Waals surface area contributed by atoms with Crippen LogP contribution in [0, 0.1) is 0 Å². The van der Waals surface area contributed by atoms with Gasteiger partial charge in [-0.15, -0.1) is 0 Å². The number of piperazine rings is 1. The van der Waals surface area contributed by atoms with Crippen LogP contribution >= 0.6 is 27.5 Å². The summed E-state index contributed by atoms with van der Waals surface area (Å²) in [4.78, 5) is 21.1. The van der Waals surface area contributed by atoms with Crippen molar-refractivity contribution < 1.29 is 4.79 Å². The monoisotopic (exact) mass is 445 g/mol. The number of amides is 1. The second-order valence-corrected chi connectivity index (χ2v) is 7.64. The fraction of sp³-hybridized carbons (Fsp3) is 0.211. The molecular weight excluding hydrogens is 430 g/mol. The summed E-state index contributed by atoms with van der Waals surface area (Å²) in [6.45, 7) is 2.73. The third kappa shape index (κ3) is 3.99. The molecule has 1 aliphatic rings. The van der Waals surface area contributed by atoms with Gasteiger partial charge in [0.2, 0.25) is 0 Å². The van der Waals surface area contributed by atoms with E-state index in [0.29, 0.717) is 23.8 Å². The Balaban J connectivity index is 1.41. The maximum Gasteiger partial charge on any atom is 0.272 e. The number of carbonyl (C=O) groups is 1. The zero-order chi connectivity index (χ0) is 18.8. The lowest BCUT2D eigenvalue weighted by molar-refractivity contribution is 0.0740. The maximum atomic E-state index is 12.8. The van der Waals surface area contributed by atoms with E-state index in [0.717, 1.165) is 34.6 Å². The normalized spacial score (nSPS) is 14.4. The second-order valence-electron chi connectivity index (χ2n) is 6.29. The van der Waals surface area contributed by atoms with E-state index in [1.165, 1.54) is 0 Å². The molecule has 0 bridgehead atoms. The van der Waals surface area contributed by atoms with Gasteiger partial charge in [-0.3, -0.25) is 9.89 Å². The van der Waals surface area contributed by atoms with Crippen LogP contribution in [0.5, 0.6) is 0 Å². The molecule has 1 saturated heterocycles. The number of carbonyl (C=O) groups excluding carboxylic acids is 1. The molecule has 0 atom stereocenters. The van der Waals surface area contributed by atoms with Gasteiger partial charge >= 0.3 is 0 Å². The van der Waals surface area contributed by atoms with Crippen molar-refractivity contribution in [3.05, 3.63) is 63.9 Å². The molecule has 2 aromatic heterocycles.